The summed E-state index contributed by atoms with van der Waals surface area (Å²) in [5.41, 5.74) is 1.96. The van der Waals surface area contributed by atoms with Gasteiger partial charge in [0.15, 0.2) is 16.6 Å². The molecule has 1 N–H and O–H groups in total. The first-order chi connectivity index (χ1) is 10.5. The molecule has 8 heteroatoms. The molecule has 0 fully saturated rings. The highest BCUT2D eigenvalue weighted by molar-refractivity contribution is 9.10. The lowest BCUT2D eigenvalue weighted by Gasteiger charge is -2.01. The molecule has 0 saturated heterocycles. The van der Waals surface area contributed by atoms with Gasteiger partial charge in [-0.05, 0) is 40.2 Å². The highest BCUT2D eigenvalue weighted by Gasteiger charge is 2.11. The third-order valence-corrected chi connectivity index (χ3v) is 4.91. The van der Waals surface area contributed by atoms with E-state index in [2.05, 4.69) is 30.9 Å². The van der Waals surface area contributed by atoms with Crippen LogP contribution >= 0.6 is 50.9 Å². The number of imidazole rings is 1. The van der Waals surface area contributed by atoms with Crippen LogP contribution < -0.4 is 0 Å². The van der Waals surface area contributed by atoms with Crippen molar-refractivity contribution in [3.63, 3.8) is 0 Å². The van der Waals surface area contributed by atoms with E-state index in [4.69, 9.17) is 23.2 Å². The minimum atomic E-state index is -0.0434. The maximum Gasteiger partial charge on any atom is 0.178 e. The number of aromatic amines is 1. The Balaban J connectivity index is 1.72. The first kappa shape index (κ1) is 15.8. The summed E-state index contributed by atoms with van der Waals surface area (Å²) in [4.78, 5) is 23.8. The number of Topliss-reactive ketones (excluding diaryl/α,β-unsaturated/α-hetero) is 1. The van der Waals surface area contributed by atoms with E-state index in [1.807, 2.05) is 6.07 Å². The number of aromatic nitrogens is 3. The lowest BCUT2D eigenvalue weighted by Crippen LogP contribution is -2.02. The zero-order chi connectivity index (χ0) is 15.7. The molecule has 0 unspecified atom stereocenters. The van der Waals surface area contributed by atoms with Crippen LogP contribution in [0.1, 0.15) is 10.4 Å². The zero-order valence-corrected chi connectivity index (χ0v) is 14.9. The molecule has 3 rings (SSSR count). The van der Waals surface area contributed by atoms with Crippen LogP contribution in [0.5, 0.6) is 0 Å². The molecule has 0 amide bonds. The minimum absolute atomic E-state index is 0.0434. The van der Waals surface area contributed by atoms with Gasteiger partial charge in [0.2, 0.25) is 0 Å². The van der Waals surface area contributed by atoms with Crippen LogP contribution in [-0.2, 0) is 0 Å². The van der Waals surface area contributed by atoms with Crippen molar-refractivity contribution in [2.45, 2.75) is 5.16 Å². The smallest absolute Gasteiger partial charge is 0.178 e. The second-order valence-corrected chi connectivity index (χ2v) is 7.10. The van der Waals surface area contributed by atoms with Crippen LogP contribution in [0, 0.1) is 0 Å². The molecule has 0 aliphatic rings. The van der Waals surface area contributed by atoms with Gasteiger partial charge >= 0.3 is 0 Å². The van der Waals surface area contributed by atoms with E-state index < -0.39 is 0 Å². The molecule has 0 bridgehead atoms. The van der Waals surface area contributed by atoms with Gasteiger partial charge in [-0.1, -0.05) is 35.0 Å². The summed E-state index contributed by atoms with van der Waals surface area (Å²) in [5.74, 6) is 0.206. The van der Waals surface area contributed by atoms with Gasteiger partial charge < -0.3 is 4.98 Å². The topological polar surface area (TPSA) is 58.6 Å². The Hall–Kier alpha value is -1.08. The molecule has 22 heavy (non-hydrogen) atoms. The number of halogens is 3. The Morgan fingerprint density at radius 1 is 1.27 bits per heavy atom. The number of benzene rings is 1. The summed E-state index contributed by atoms with van der Waals surface area (Å²) in [5, 5.41) is 1.45. The number of fused-ring (bicyclic) bond motifs is 1. The average molecular weight is 417 g/mol. The van der Waals surface area contributed by atoms with Crippen molar-refractivity contribution in [1.82, 2.24) is 15.0 Å². The third kappa shape index (κ3) is 3.46. The lowest BCUT2D eigenvalue weighted by molar-refractivity contribution is 0.102. The fourth-order valence-corrected chi connectivity index (χ4v) is 3.20. The molecule has 0 aliphatic heterocycles. The van der Waals surface area contributed by atoms with E-state index >= 15 is 0 Å². The van der Waals surface area contributed by atoms with Crippen LogP contribution in [0.25, 0.3) is 11.2 Å². The van der Waals surface area contributed by atoms with E-state index in [1.165, 1.54) is 11.8 Å². The number of rotatable bonds is 4. The Bertz CT molecular complexity index is 868. The maximum atomic E-state index is 12.2. The SMILES string of the molecule is O=C(CSc1nc2ncc(Br)cc2[nH]1)c1ccc(Cl)c(Cl)c1. The molecular formula is C14H8BrCl2N3OS. The van der Waals surface area contributed by atoms with Gasteiger partial charge in [0.1, 0.15) is 0 Å². The molecule has 0 spiro atoms. The van der Waals surface area contributed by atoms with Gasteiger partial charge in [-0.15, -0.1) is 0 Å². The number of carbonyl (C=O) groups excluding carboxylic acids is 1. The van der Waals surface area contributed by atoms with Crippen molar-refractivity contribution in [1.29, 1.82) is 0 Å². The summed E-state index contributed by atoms with van der Waals surface area (Å²) in [6.07, 6.45) is 1.68. The van der Waals surface area contributed by atoms with Gasteiger partial charge in [-0.2, -0.15) is 0 Å². The molecular weight excluding hydrogens is 409 g/mol. The largest absolute Gasteiger partial charge is 0.331 e. The average Bonchev–Trinajstić information content (AvgIpc) is 2.89. The quantitative estimate of drug-likeness (QED) is 0.480. The summed E-state index contributed by atoms with van der Waals surface area (Å²) in [7, 11) is 0. The number of thioether (sulfide) groups is 1. The summed E-state index contributed by atoms with van der Waals surface area (Å²) in [6.45, 7) is 0. The van der Waals surface area contributed by atoms with Crippen molar-refractivity contribution in [2.24, 2.45) is 0 Å². The van der Waals surface area contributed by atoms with Crippen molar-refractivity contribution in [3.05, 3.63) is 50.5 Å². The van der Waals surface area contributed by atoms with Crippen LogP contribution in [0.2, 0.25) is 10.0 Å². The number of nitrogens with zero attached hydrogens (tertiary/aromatic N) is 2. The Morgan fingerprint density at radius 2 is 2.09 bits per heavy atom. The van der Waals surface area contributed by atoms with E-state index in [0.717, 1.165) is 9.99 Å². The molecule has 112 valence electrons. The molecule has 1 aromatic carbocycles. The van der Waals surface area contributed by atoms with Crippen LogP contribution in [0.4, 0.5) is 0 Å². The maximum absolute atomic E-state index is 12.2. The summed E-state index contributed by atoms with van der Waals surface area (Å²) < 4.78 is 0.868. The minimum Gasteiger partial charge on any atom is -0.331 e. The molecule has 4 nitrogen and oxygen atoms in total. The van der Waals surface area contributed by atoms with E-state index in [9.17, 15) is 4.79 Å². The molecule has 2 aromatic heterocycles. The standard InChI is InChI=1S/C14H8BrCl2N3OS/c15-8-4-11-13(18-5-8)20-14(19-11)22-6-12(21)7-1-2-9(16)10(17)3-7/h1-5H,6H2,(H,18,19,20). The number of nitrogens with one attached hydrogen (secondary N) is 1. The zero-order valence-electron chi connectivity index (χ0n) is 10.9. The Morgan fingerprint density at radius 3 is 2.86 bits per heavy atom. The van der Waals surface area contributed by atoms with Gasteiger partial charge in [0, 0.05) is 16.2 Å². The molecule has 0 atom stereocenters. The Kier molecular flexibility index (Phi) is 4.73. The predicted molar refractivity (Wildman–Crippen MR) is 93.1 cm³/mol. The number of pyridine rings is 1. The highest BCUT2D eigenvalue weighted by atomic mass is 79.9. The van der Waals surface area contributed by atoms with Gasteiger partial charge in [-0.3, -0.25) is 4.79 Å². The van der Waals surface area contributed by atoms with Crippen LogP contribution in [-0.4, -0.2) is 26.5 Å². The van der Waals surface area contributed by atoms with Crippen molar-refractivity contribution in [3.8, 4) is 0 Å². The summed E-state index contributed by atoms with van der Waals surface area (Å²) in [6, 6.07) is 6.74. The fraction of sp³-hybridized carbons (Fsp3) is 0.0714. The van der Waals surface area contributed by atoms with Crippen LogP contribution in [0.3, 0.4) is 0 Å². The van der Waals surface area contributed by atoms with Crippen molar-refractivity contribution < 1.29 is 4.79 Å². The highest BCUT2D eigenvalue weighted by Crippen LogP contribution is 2.25. The van der Waals surface area contributed by atoms with Gasteiger partial charge in [0.25, 0.3) is 0 Å². The van der Waals surface area contributed by atoms with Gasteiger partial charge in [0.05, 0.1) is 21.3 Å². The van der Waals surface area contributed by atoms with Crippen molar-refractivity contribution >= 4 is 67.8 Å². The number of hydrogen-bond acceptors (Lipinski definition) is 4. The molecule has 0 radical (unpaired) electrons. The third-order valence-electron chi connectivity index (χ3n) is 2.86. The van der Waals surface area contributed by atoms with Crippen molar-refractivity contribution in [2.75, 3.05) is 5.75 Å². The first-order valence-electron chi connectivity index (χ1n) is 6.15. The number of H-pyrrole nitrogens is 1. The normalized spacial score (nSPS) is 11.0. The second kappa shape index (κ2) is 6.58. The molecule has 0 aliphatic carbocycles. The fourth-order valence-electron chi connectivity index (χ4n) is 1.81. The molecule has 0 saturated carbocycles. The monoisotopic (exact) mass is 415 g/mol. The summed E-state index contributed by atoms with van der Waals surface area (Å²) >= 11 is 16.4. The van der Waals surface area contributed by atoms with Crippen LogP contribution in [0.15, 0.2) is 40.1 Å². The molecule has 3 aromatic rings. The number of carbonyl (C=O) groups is 1. The first-order valence-corrected chi connectivity index (χ1v) is 8.69. The second-order valence-electron chi connectivity index (χ2n) is 4.41. The van der Waals surface area contributed by atoms with E-state index in [0.29, 0.717) is 26.4 Å². The van der Waals surface area contributed by atoms with Gasteiger partial charge in [-0.25, -0.2) is 9.97 Å². The predicted octanol–water partition coefficient (Wildman–Crippen LogP) is 5.00. The lowest BCUT2D eigenvalue weighted by atomic mass is 10.1. The van der Waals surface area contributed by atoms with E-state index in [-0.39, 0.29) is 11.5 Å². The Labute approximate surface area is 148 Å². The van der Waals surface area contributed by atoms with E-state index in [1.54, 1.807) is 24.4 Å². The number of hydrogen-bond donors (Lipinski definition) is 1. The number of ketones is 1. The molecule has 2 heterocycles.